The van der Waals surface area contributed by atoms with E-state index in [0.717, 1.165) is 18.6 Å². The van der Waals surface area contributed by atoms with E-state index in [1.165, 1.54) is 24.0 Å². The average molecular weight is 339 g/mol. The van der Waals surface area contributed by atoms with E-state index < -0.39 is 6.10 Å². The number of carbonyl (C=O) groups is 1. The molecule has 1 amide bonds. The van der Waals surface area contributed by atoms with E-state index in [-0.39, 0.29) is 5.91 Å². The molecule has 0 unspecified atom stereocenters. The molecule has 2 aromatic rings. The third-order valence-corrected chi connectivity index (χ3v) is 4.60. The predicted molar refractivity (Wildman–Crippen MR) is 99.4 cm³/mol. The van der Waals surface area contributed by atoms with E-state index >= 15 is 0 Å². The molecule has 25 heavy (non-hydrogen) atoms. The minimum Gasteiger partial charge on any atom is -0.497 e. The molecular formula is C21H25NO3. The summed E-state index contributed by atoms with van der Waals surface area (Å²) in [7, 11) is 1.61. The van der Waals surface area contributed by atoms with Crippen LogP contribution in [0.15, 0.2) is 42.5 Å². The number of methoxy groups -OCH3 is 1. The number of hydrogen-bond acceptors (Lipinski definition) is 3. The second-order valence-corrected chi connectivity index (χ2v) is 6.37. The molecule has 1 atom stereocenters. The highest BCUT2D eigenvalue weighted by Gasteiger charge is 2.19. The zero-order valence-electron chi connectivity index (χ0n) is 14.9. The van der Waals surface area contributed by atoms with Crippen LogP contribution in [0.25, 0.3) is 0 Å². The number of anilines is 1. The first kappa shape index (κ1) is 17.3. The average Bonchev–Trinajstić information content (AvgIpc) is 2.66. The van der Waals surface area contributed by atoms with Crippen LogP contribution >= 0.6 is 0 Å². The Labute approximate surface area is 149 Å². The highest BCUT2D eigenvalue weighted by Crippen LogP contribution is 2.26. The van der Waals surface area contributed by atoms with Crippen molar-refractivity contribution >= 4 is 11.6 Å². The van der Waals surface area contributed by atoms with Gasteiger partial charge in [-0.2, -0.15) is 0 Å². The second-order valence-electron chi connectivity index (χ2n) is 6.37. The van der Waals surface area contributed by atoms with Crippen molar-refractivity contribution in [2.75, 3.05) is 12.4 Å². The van der Waals surface area contributed by atoms with Gasteiger partial charge in [0.25, 0.3) is 5.91 Å². The van der Waals surface area contributed by atoms with Crippen molar-refractivity contribution in [1.29, 1.82) is 0 Å². The van der Waals surface area contributed by atoms with Gasteiger partial charge in [0, 0.05) is 11.8 Å². The lowest BCUT2D eigenvalue weighted by Gasteiger charge is -2.20. The molecule has 0 saturated heterocycles. The van der Waals surface area contributed by atoms with Crippen LogP contribution < -0.4 is 14.8 Å². The Balaban J connectivity index is 1.68. The number of fused-ring (bicyclic) bond motifs is 1. The number of carbonyl (C=O) groups excluding carboxylic acids is 1. The van der Waals surface area contributed by atoms with E-state index in [9.17, 15) is 4.79 Å². The number of nitrogens with one attached hydrogen (secondary N) is 1. The SMILES string of the molecule is CC[C@H](Oc1ccc2c(c1)CCCC2)C(=O)Nc1cccc(OC)c1. The van der Waals surface area contributed by atoms with Crippen molar-refractivity contribution in [3.05, 3.63) is 53.6 Å². The molecule has 0 spiro atoms. The molecule has 0 bridgehead atoms. The summed E-state index contributed by atoms with van der Waals surface area (Å²) in [6.07, 6.45) is 4.81. The Hall–Kier alpha value is -2.49. The molecule has 0 saturated carbocycles. The molecule has 0 aliphatic heterocycles. The Morgan fingerprint density at radius 2 is 1.88 bits per heavy atom. The minimum atomic E-state index is -0.521. The summed E-state index contributed by atoms with van der Waals surface area (Å²) in [6, 6.07) is 13.5. The fourth-order valence-corrected chi connectivity index (χ4v) is 3.19. The van der Waals surface area contributed by atoms with Crippen molar-refractivity contribution in [3.63, 3.8) is 0 Å². The summed E-state index contributed by atoms with van der Waals surface area (Å²) in [4.78, 5) is 12.6. The van der Waals surface area contributed by atoms with Gasteiger partial charge in [-0.1, -0.05) is 19.1 Å². The van der Waals surface area contributed by atoms with Gasteiger partial charge in [-0.25, -0.2) is 0 Å². The van der Waals surface area contributed by atoms with Crippen LogP contribution in [0.1, 0.15) is 37.3 Å². The van der Waals surface area contributed by atoms with Crippen molar-refractivity contribution in [1.82, 2.24) is 0 Å². The van der Waals surface area contributed by atoms with Crippen LogP contribution in [0.2, 0.25) is 0 Å². The van der Waals surface area contributed by atoms with Gasteiger partial charge < -0.3 is 14.8 Å². The Morgan fingerprint density at radius 3 is 2.64 bits per heavy atom. The standard InChI is InChI=1S/C21H25NO3/c1-3-20(21(23)22-17-9-6-10-18(14-17)24-2)25-19-12-11-15-7-4-5-8-16(15)13-19/h6,9-14,20H,3-5,7-8H2,1-2H3,(H,22,23)/t20-/m0/s1. The number of benzene rings is 2. The van der Waals surface area contributed by atoms with Crippen molar-refractivity contribution in [2.45, 2.75) is 45.1 Å². The third kappa shape index (κ3) is 4.32. The summed E-state index contributed by atoms with van der Waals surface area (Å²) < 4.78 is 11.2. The normalized spacial score (nSPS) is 14.3. The molecule has 1 N–H and O–H groups in total. The summed E-state index contributed by atoms with van der Waals surface area (Å²) in [6.45, 7) is 1.95. The first-order chi connectivity index (χ1) is 12.2. The molecular weight excluding hydrogens is 314 g/mol. The van der Waals surface area contributed by atoms with E-state index in [0.29, 0.717) is 17.9 Å². The third-order valence-electron chi connectivity index (χ3n) is 4.60. The number of rotatable bonds is 6. The first-order valence-corrected chi connectivity index (χ1v) is 8.93. The van der Waals surface area contributed by atoms with Crippen LogP contribution in [0.4, 0.5) is 5.69 Å². The summed E-state index contributed by atoms with van der Waals surface area (Å²) >= 11 is 0. The number of hydrogen-bond donors (Lipinski definition) is 1. The fourth-order valence-electron chi connectivity index (χ4n) is 3.19. The fraction of sp³-hybridized carbons (Fsp3) is 0.381. The monoisotopic (exact) mass is 339 g/mol. The number of ether oxygens (including phenoxy) is 2. The summed E-state index contributed by atoms with van der Waals surface area (Å²) in [5.74, 6) is 1.34. The highest BCUT2D eigenvalue weighted by atomic mass is 16.5. The Kier molecular flexibility index (Phi) is 5.59. The van der Waals surface area contributed by atoms with Crippen LogP contribution in [-0.2, 0) is 17.6 Å². The van der Waals surface area contributed by atoms with Crippen molar-refractivity contribution in [2.24, 2.45) is 0 Å². The molecule has 1 aliphatic rings. The maximum atomic E-state index is 12.6. The maximum Gasteiger partial charge on any atom is 0.265 e. The van der Waals surface area contributed by atoms with E-state index in [4.69, 9.17) is 9.47 Å². The summed E-state index contributed by atoms with van der Waals surface area (Å²) in [5.41, 5.74) is 3.47. The highest BCUT2D eigenvalue weighted by molar-refractivity contribution is 5.94. The molecule has 0 aromatic heterocycles. The quantitative estimate of drug-likeness (QED) is 0.850. The van der Waals surface area contributed by atoms with Gasteiger partial charge in [0.2, 0.25) is 0 Å². The Bertz CT molecular complexity index is 742. The molecule has 0 radical (unpaired) electrons. The lowest BCUT2D eigenvalue weighted by atomic mass is 9.92. The topological polar surface area (TPSA) is 47.6 Å². The van der Waals surface area contributed by atoms with Crippen LogP contribution in [-0.4, -0.2) is 19.1 Å². The van der Waals surface area contributed by atoms with Gasteiger partial charge in [0.15, 0.2) is 6.10 Å². The first-order valence-electron chi connectivity index (χ1n) is 8.93. The van der Waals surface area contributed by atoms with Crippen molar-refractivity contribution < 1.29 is 14.3 Å². The molecule has 4 nitrogen and oxygen atoms in total. The van der Waals surface area contributed by atoms with Gasteiger partial charge in [-0.3, -0.25) is 4.79 Å². The lowest BCUT2D eigenvalue weighted by Crippen LogP contribution is -2.32. The van der Waals surface area contributed by atoms with Gasteiger partial charge in [0.05, 0.1) is 7.11 Å². The van der Waals surface area contributed by atoms with E-state index in [1.54, 1.807) is 13.2 Å². The molecule has 132 valence electrons. The zero-order valence-corrected chi connectivity index (χ0v) is 14.9. The van der Waals surface area contributed by atoms with Crippen molar-refractivity contribution in [3.8, 4) is 11.5 Å². The summed E-state index contributed by atoms with van der Waals surface area (Å²) in [5, 5.41) is 2.91. The van der Waals surface area contributed by atoms with E-state index in [1.807, 2.05) is 31.2 Å². The number of aryl methyl sites for hydroxylation is 2. The number of amides is 1. The lowest BCUT2D eigenvalue weighted by molar-refractivity contribution is -0.122. The predicted octanol–water partition coefficient (Wildman–Crippen LogP) is 4.37. The van der Waals surface area contributed by atoms with Gasteiger partial charge in [-0.15, -0.1) is 0 Å². The minimum absolute atomic E-state index is 0.145. The molecule has 0 fully saturated rings. The van der Waals surface area contributed by atoms with Crippen LogP contribution in [0.5, 0.6) is 11.5 Å². The van der Waals surface area contributed by atoms with Crippen LogP contribution in [0.3, 0.4) is 0 Å². The maximum absolute atomic E-state index is 12.6. The Morgan fingerprint density at radius 1 is 1.08 bits per heavy atom. The molecule has 3 rings (SSSR count). The largest absolute Gasteiger partial charge is 0.497 e. The van der Waals surface area contributed by atoms with Gasteiger partial charge in [-0.05, 0) is 67.5 Å². The smallest absolute Gasteiger partial charge is 0.265 e. The molecule has 4 heteroatoms. The second kappa shape index (κ2) is 8.06. The molecule has 1 aliphatic carbocycles. The zero-order chi connectivity index (χ0) is 17.6. The van der Waals surface area contributed by atoms with Gasteiger partial charge in [0.1, 0.15) is 11.5 Å². The molecule has 2 aromatic carbocycles. The van der Waals surface area contributed by atoms with Crippen LogP contribution in [0, 0.1) is 0 Å². The van der Waals surface area contributed by atoms with Gasteiger partial charge >= 0.3 is 0 Å². The molecule has 0 heterocycles. The van der Waals surface area contributed by atoms with E-state index in [2.05, 4.69) is 17.4 Å².